The fourth-order valence-corrected chi connectivity index (χ4v) is 3.94. The molecule has 1 amide bonds. The van der Waals surface area contributed by atoms with E-state index < -0.39 is 0 Å². The van der Waals surface area contributed by atoms with Crippen molar-refractivity contribution in [3.05, 3.63) is 65.1 Å². The SMILES string of the molecule is O=C(CCN1c2ccccc2Sc2ccccc21)Nc1c[nH][nH]c1=O. The molecule has 6 nitrogen and oxygen atoms in total. The number of anilines is 3. The molecule has 0 fully saturated rings. The number of hydrogen-bond donors (Lipinski definition) is 3. The lowest BCUT2D eigenvalue weighted by atomic mass is 10.2. The molecule has 1 aliphatic rings. The zero-order valence-electron chi connectivity index (χ0n) is 13.3. The van der Waals surface area contributed by atoms with Gasteiger partial charge in [-0.1, -0.05) is 36.0 Å². The van der Waals surface area contributed by atoms with Crippen LogP contribution in [0.2, 0.25) is 0 Å². The van der Waals surface area contributed by atoms with Crippen LogP contribution in [0.3, 0.4) is 0 Å². The van der Waals surface area contributed by atoms with E-state index in [9.17, 15) is 9.59 Å². The fraction of sp³-hybridized carbons (Fsp3) is 0.111. The van der Waals surface area contributed by atoms with E-state index in [0.29, 0.717) is 6.54 Å². The minimum atomic E-state index is -0.335. The topological polar surface area (TPSA) is 81.0 Å². The summed E-state index contributed by atoms with van der Waals surface area (Å²) in [4.78, 5) is 28.2. The number of rotatable bonds is 4. The van der Waals surface area contributed by atoms with Crippen molar-refractivity contribution >= 4 is 34.7 Å². The molecule has 7 heteroatoms. The van der Waals surface area contributed by atoms with Crippen LogP contribution in [-0.2, 0) is 4.79 Å². The third-order valence-electron chi connectivity index (χ3n) is 4.02. The van der Waals surface area contributed by atoms with Gasteiger partial charge in [0.05, 0.1) is 11.4 Å². The molecule has 0 radical (unpaired) electrons. The molecule has 0 saturated heterocycles. The van der Waals surface area contributed by atoms with Gasteiger partial charge in [0, 0.05) is 29.0 Å². The summed E-state index contributed by atoms with van der Waals surface area (Å²) in [5.41, 5.74) is 2.09. The molecule has 0 saturated carbocycles. The Balaban J connectivity index is 1.55. The fourth-order valence-electron chi connectivity index (χ4n) is 2.85. The highest BCUT2D eigenvalue weighted by atomic mass is 32.2. The lowest BCUT2D eigenvalue weighted by Gasteiger charge is -2.32. The van der Waals surface area contributed by atoms with E-state index in [0.717, 1.165) is 11.4 Å². The first kappa shape index (κ1) is 15.6. The number of amides is 1. The van der Waals surface area contributed by atoms with Crippen LogP contribution in [0.15, 0.2) is 69.3 Å². The van der Waals surface area contributed by atoms with Gasteiger partial charge in [-0.3, -0.25) is 14.7 Å². The van der Waals surface area contributed by atoms with Crippen molar-refractivity contribution in [2.45, 2.75) is 16.2 Å². The molecule has 3 aromatic rings. The molecule has 3 N–H and O–H groups in total. The second-order valence-corrected chi connectivity index (χ2v) is 6.73. The van der Waals surface area contributed by atoms with Gasteiger partial charge in [0.2, 0.25) is 5.91 Å². The van der Waals surface area contributed by atoms with E-state index in [1.165, 1.54) is 16.0 Å². The van der Waals surface area contributed by atoms with Gasteiger partial charge in [-0.2, -0.15) is 0 Å². The molecule has 4 rings (SSSR count). The Kier molecular flexibility index (Phi) is 4.07. The highest BCUT2D eigenvalue weighted by molar-refractivity contribution is 7.99. The van der Waals surface area contributed by atoms with E-state index in [-0.39, 0.29) is 23.6 Å². The van der Waals surface area contributed by atoms with Crippen LogP contribution in [0.4, 0.5) is 17.1 Å². The third kappa shape index (κ3) is 3.06. The summed E-state index contributed by atoms with van der Waals surface area (Å²) in [6, 6.07) is 16.3. The maximum absolute atomic E-state index is 12.2. The van der Waals surface area contributed by atoms with E-state index in [2.05, 4.69) is 44.7 Å². The Morgan fingerprint density at radius 1 is 1.04 bits per heavy atom. The van der Waals surface area contributed by atoms with Gasteiger partial charge in [0.1, 0.15) is 5.69 Å². The maximum Gasteiger partial charge on any atom is 0.287 e. The van der Waals surface area contributed by atoms with Crippen LogP contribution < -0.4 is 15.8 Å². The monoisotopic (exact) mass is 352 g/mol. The van der Waals surface area contributed by atoms with Gasteiger partial charge in [-0.25, -0.2) is 0 Å². The molecule has 1 aromatic heterocycles. The Bertz CT molecular complexity index is 933. The van der Waals surface area contributed by atoms with Gasteiger partial charge in [0.25, 0.3) is 5.56 Å². The zero-order valence-corrected chi connectivity index (χ0v) is 14.1. The molecule has 25 heavy (non-hydrogen) atoms. The predicted molar refractivity (Wildman–Crippen MR) is 98.7 cm³/mol. The van der Waals surface area contributed by atoms with Gasteiger partial charge < -0.3 is 15.3 Å². The van der Waals surface area contributed by atoms with E-state index in [1.807, 2.05) is 24.3 Å². The molecule has 0 atom stereocenters. The van der Waals surface area contributed by atoms with Crippen molar-refractivity contribution in [1.82, 2.24) is 10.2 Å². The summed E-state index contributed by atoms with van der Waals surface area (Å²) in [6.07, 6.45) is 1.72. The number of aromatic nitrogens is 2. The summed E-state index contributed by atoms with van der Waals surface area (Å²) >= 11 is 1.73. The largest absolute Gasteiger partial charge is 0.339 e. The van der Waals surface area contributed by atoms with Crippen molar-refractivity contribution in [2.75, 3.05) is 16.8 Å². The molecule has 0 aliphatic carbocycles. The van der Waals surface area contributed by atoms with Crippen molar-refractivity contribution < 1.29 is 4.79 Å². The summed E-state index contributed by atoms with van der Waals surface area (Å²) in [5.74, 6) is -0.196. The van der Waals surface area contributed by atoms with E-state index in [4.69, 9.17) is 0 Å². The quantitative estimate of drug-likeness (QED) is 0.673. The minimum absolute atomic E-state index is 0.196. The molecule has 1 aliphatic heterocycles. The van der Waals surface area contributed by atoms with Gasteiger partial charge in [-0.15, -0.1) is 0 Å². The van der Waals surface area contributed by atoms with Crippen LogP contribution in [0, 0.1) is 0 Å². The second-order valence-electron chi connectivity index (χ2n) is 5.64. The zero-order chi connectivity index (χ0) is 17.2. The first-order chi connectivity index (χ1) is 12.2. The van der Waals surface area contributed by atoms with Gasteiger partial charge >= 0.3 is 0 Å². The number of nitrogens with zero attached hydrogens (tertiary/aromatic N) is 1. The summed E-state index contributed by atoms with van der Waals surface area (Å²) < 4.78 is 0. The summed E-state index contributed by atoms with van der Waals surface area (Å²) in [7, 11) is 0. The molecule has 2 heterocycles. The van der Waals surface area contributed by atoms with Crippen LogP contribution in [0.1, 0.15) is 6.42 Å². The highest BCUT2D eigenvalue weighted by Crippen LogP contribution is 2.47. The number of hydrogen-bond acceptors (Lipinski definition) is 4. The maximum atomic E-state index is 12.2. The van der Waals surface area contributed by atoms with Crippen molar-refractivity contribution in [3.8, 4) is 0 Å². The number of carbonyl (C=O) groups is 1. The average molecular weight is 352 g/mol. The number of fused-ring (bicyclic) bond motifs is 2. The predicted octanol–water partition coefficient (Wildman–Crippen LogP) is 3.33. The summed E-state index contributed by atoms with van der Waals surface area (Å²) in [6.45, 7) is 0.531. The Labute approximate surface area is 148 Å². The molecule has 0 spiro atoms. The molecule has 126 valence electrons. The Morgan fingerprint density at radius 3 is 2.28 bits per heavy atom. The number of H-pyrrole nitrogens is 2. The first-order valence-corrected chi connectivity index (χ1v) is 8.73. The highest BCUT2D eigenvalue weighted by Gasteiger charge is 2.23. The first-order valence-electron chi connectivity index (χ1n) is 7.92. The van der Waals surface area contributed by atoms with Gasteiger partial charge in [0.15, 0.2) is 0 Å². The lowest BCUT2D eigenvalue weighted by Crippen LogP contribution is -2.26. The minimum Gasteiger partial charge on any atom is -0.339 e. The normalized spacial score (nSPS) is 12.4. The Morgan fingerprint density at radius 2 is 1.68 bits per heavy atom. The standard InChI is InChI=1S/C18H16N4O2S/c23-17(20-12-11-19-21-18(12)24)9-10-22-13-5-1-3-7-15(13)25-16-8-4-2-6-14(16)22/h1-8,11H,9-10H2,(H,20,23)(H2,19,21,24). The Hall–Kier alpha value is -2.93. The number of benzene rings is 2. The van der Waals surface area contributed by atoms with Crippen LogP contribution in [0.25, 0.3) is 0 Å². The van der Waals surface area contributed by atoms with E-state index in [1.54, 1.807) is 11.8 Å². The smallest absolute Gasteiger partial charge is 0.287 e. The molecule has 2 aromatic carbocycles. The molecular formula is C18H16N4O2S. The van der Waals surface area contributed by atoms with Crippen molar-refractivity contribution in [3.63, 3.8) is 0 Å². The van der Waals surface area contributed by atoms with Gasteiger partial charge in [-0.05, 0) is 24.3 Å². The number of aromatic amines is 2. The van der Waals surface area contributed by atoms with Crippen molar-refractivity contribution in [2.24, 2.45) is 0 Å². The second kappa shape index (κ2) is 6.52. The number of carbonyl (C=O) groups excluding carboxylic acids is 1. The van der Waals surface area contributed by atoms with Crippen LogP contribution in [0.5, 0.6) is 0 Å². The molecule has 0 unspecified atom stereocenters. The molecule has 0 bridgehead atoms. The van der Waals surface area contributed by atoms with Crippen LogP contribution in [-0.4, -0.2) is 22.6 Å². The average Bonchev–Trinajstić information content (AvgIpc) is 3.03. The number of para-hydroxylation sites is 2. The lowest BCUT2D eigenvalue weighted by molar-refractivity contribution is -0.116. The molecular weight excluding hydrogens is 336 g/mol. The third-order valence-corrected chi connectivity index (χ3v) is 5.15. The summed E-state index contributed by atoms with van der Waals surface area (Å²) in [5, 5.41) is 7.60. The number of nitrogens with one attached hydrogen (secondary N) is 3. The van der Waals surface area contributed by atoms with Crippen molar-refractivity contribution in [1.29, 1.82) is 0 Å². The van der Waals surface area contributed by atoms with E-state index >= 15 is 0 Å². The van der Waals surface area contributed by atoms with Crippen LogP contribution >= 0.6 is 11.8 Å².